The zero-order valence-corrected chi connectivity index (χ0v) is 15.2. The molecule has 0 bridgehead atoms. The first-order valence-electron chi connectivity index (χ1n) is 8.93. The number of nitrogens with zero attached hydrogens (tertiary/aromatic N) is 6. The summed E-state index contributed by atoms with van der Waals surface area (Å²) in [7, 11) is 0. The number of carbonyl (C=O) groups is 1. The highest BCUT2D eigenvalue weighted by Crippen LogP contribution is 2.20. The van der Waals surface area contributed by atoms with Gasteiger partial charge in [0, 0.05) is 11.4 Å². The van der Waals surface area contributed by atoms with Crippen LogP contribution in [0, 0.1) is 0 Å². The number of carbonyl (C=O) groups excluding carboxylic acids is 1. The molecule has 0 aliphatic carbocycles. The van der Waals surface area contributed by atoms with E-state index in [9.17, 15) is 4.79 Å². The average Bonchev–Trinajstić information content (AvgIpc) is 3.34. The third kappa shape index (κ3) is 3.04. The third-order valence-corrected chi connectivity index (χ3v) is 4.63. The second-order valence-corrected chi connectivity index (χ2v) is 6.50. The van der Waals surface area contributed by atoms with Gasteiger partial charge in [-0.2, -0.15) is 0 Å². The number of fused-ring (bicyclic) bond motifs is 2. The van der Waals surface area contributed by atoms with E-state index in [0.29, 0.717) is 16.9 Å². The number of nitrogens with two attached hydrogens (primary N) is 1. The van der Waals surface area contributed by atoms with E-state index in [0.717, 1.165) is 16.7 Å². The molecule has 0 atom stereocenters. The molecule has 3 aromatic heterocycles. The summed E-state index contributed by atoms with van der Waals surface area (Å²) in [5.74, 6) is 0.0964. The minimum absolute atomic E-state index is 0.0703. The van der Waals surface area contributed by atoms with Gasteiger partial charge in [-0.3, -0.25) is 9.36 Å². The van der Waals surface area contributed by atoms with Crippen LogP contribution >= 0.6 is 0 Å². The smallest absolute Gasteiger partial charge is 0.244 e. The van der Waals surface area contributed by atoms with Gasteiger partial charge in [0.25, 0.3) is 0 Å². The summed E-state index contributed by atoms with van der Waals surface area (Å²) in [4.78, 5) is 29.1. The molecular weight excluding hydrogens is 368 g/mol. The van der Waals surface area contributed by atoms with Crippen LogP contribution in [0.25, 0.3) is 27.9 Å². The van der Waals surface area contributed by atoms with Gasteiger partial charge >= 0.3 is 0 Å². The van der Waals surface area contributed by atoms with E-state index in [4.69, 9.17) is 5.73 Å². The molecule has 0 saturated heterocycles. The van der Waals surface area contributed by atoms with Gasteiger partial charge in [-0.05, 0) is 36.4 Å². The molecule has 0 radical (unpaired) electrons. The molecule has 1 amide bonds. The number of nitrogen functional groups attached to an aromatic ring is 1. The Hall–Kier alpha value is -4.27. The molecule has 29 heavy (non-hydrogen) atoms. The van der Waals surface area contributed by atoms with E-state index in [-0.39, 0.29) is 18.3 Å². The Morgan fingerprint density at radius 1 is 0.966 bits per heavy atom. The Kier molecular flexibility index (Phi) is 3.91. The Morgan fingerprint density at radius 3 is 2.66 bits per heavy atom. The van der Waals surface area contributed by atoms with Gasteiger partial charge in [0.15, 0.2) is 11.5 Å². The minimum atomic E-state index is -0.192. The summed E-state index contributed by atoms with van der Waals surface area (Å²) in [6.45, 7) is 0.0703. The van der Waals surface area contributed by atoms with Crippen LogP contribution < -0.4 is 11.1 Å². The van der Waals surface area contributed by atoms with Gasteiger partial charge in [-0.15, -0.1) is 0 Å². The zero-order valence-electron chi connectivity index (χ0n) is 15.2. The molecule has 9 nitrogen and oxygen atoms in total. The molecule has 0 unspecified atom stereocenters. The van der Waals surface area contributed by atoms with Crippen molar-refractivity contribution in [1.82, 2.24) is 29.1 Å². The predicted octanol–water partition coefficient (Wildman–Crippen LogP) is 2.39. The van der Waals surface area contributed by atoms with E-state index in [2.05, 4.69) is 25.3 Å². The van der Waals surface area contributed by atoms with Crippen LogP contribution in [0.5, 0.6) is 0 Å². The number of para-hydroxylation sites is 2. The number of nitrogens with one attached hydrogen (secondary N) is 1. The molecule has 2 aromatic carbocycles. The number of anilines is 2. The summed E-state index contributed by atoms with van der Waals surface area (Å²) < 4.78 is 3.64. The van der Waals surface area contributed by atoms with E-state index in [1.54, 1.807) is 10.9 Å². The molecule has 142 valence electrons. The molecule has 5 rings (SSSR count). The van der Waals surface area contributed by atoms with Gasteiger partial charge in [0.1, 0.15) is 24.7 Å². The SMILES string of the molecule is Nc1ncnc2c1ncn2CC(=O)Nc1ccc(-n2cnc3ccccc32)cc1. The highest BCUT2D eigenvalue weighted by molar-refractivity contribution is 5.92. The van der Waals surface area contributed by atoms with Crippen molar-refractivity contribution in [3.05, 3.63) is 67.5 Å². The van der Waals surface area contributed by atoms with Crippen molar-refractivity contribution in [2.45, 2.75) is 6.54 Å². The van der Waals surface area contributed by atoms with Crippen molar-refractivity contribution in [2.24, 2.45) is 0 Å². The maximum absolute atomic E-state index is 12.4. The molecule has 3 heterocycles. The molecule has 3 N–H and O–H groups in total. The number of hydrogen-bond donors (Lipinski definition) is 2. The summed E-state index contributed by atoms with van der Waals surface area (Å²) in [6.07, 6.45) is 4.67. The van der Waals surface area contributed by atoms with Gasteiger partial charge in [-0.1, -0.05) is 12.1 Å². The molecule has 5 aromatic rings. The minimum Gasteiger partial charge on any atom is -0.382 e. The maximum atomic E-state index is 12.4. The van der Waals surface area contributed by atoms with E-state index >= 15 is 0 Å². The van der Waals surface area contributed by atoms with Crippen LogP contribution in [0.4, 0.5) is 11.5 Å². The monoisotopic (exact) mass is 384 g/mol. The van der Waals surface area contributed by atoms with Crippen molar-refractivity contribution in [3.63, 3.8) is 0 Å². The van der Waals surface area contributed by atoms with Crippen molar-refractivity contribution < 1.29 is 4.79 Å². The Bertz CT molecular complexity index is 1340. The maximum Gasteiger partial charge on any atom is 0.244 e. The number of benzene rings is 2. The quantitative estimate of drug-likeness (QED) is 0.491. The number of amides is 1. The fourth-order valence-electron chi connectivity index (χ4n) is 3.24. The summed E-state index contributed by atoms with van der Waals surface area (Å²) in [6, 6.07) is 15.5. The fourth-order valence-corrected chi connectivity index (χ4v) is 3.24. The lowest BCUT2D eigenvalue weighted by Crippen LogP contribution is -2.18. The van der Waals surface area contributed by atoms with Crippen LogP contribution in [-0.2, 0) is 11.3 Å². The first kappa shape index (κ1) is 16.9. The van der Waals surface area contributed by atoms with Crippen molar-refractivity contribution in [3.8, 4) is 5.69 Å². The number of hydrogen-bond acceptors (Lipinski definition) is 6. The van der Waals surface area contributed by atoms with E-state index in [1.165, 1.54) is 12.7 Å². The summed E-state index contributed by atoms with van der Waals surface area (Å²) >= 11 is 0. The molecule has 0 saturated carbocycles. The predicted molar refractivity (Wildman–Crippen MR) is 109 cm³/mol. The van der Waals surface area contributed by atoms with Gasteiger partial charge in [0.05, 0.1) is 17.4 Å². The van der Waals surface area contributed by atoms with Crippen molar-refractivity contribution in [1.29, 1.82) is 0 Å². The van der Waals surface area contributed by atoms with Crippen LogP contribution in [-0.4, -0.2) is 35.0 Å². The lowest BCUT2D eigenvalue weighted by Gasteiger charge is -2.09. The number of imidazole rings is 2. The second kappa shape index (κ2) is 6.71. The lowest BCUT2D eigenvalue weighted by atomic mass is 10.2. The Morgan fingerprint density at radius 2 is 1.79 bits per heavy atom. The molecule has 0 spiro atoms. The molecule has 0 aliphatic heterocycles. The van der Waals surface area contributed by atoms with Crippen LogP contribution in [0.2, 0.25) is 0 Å². The van der Waals surface area contributed by atoms with E-state index in [1.807, 2.05) is 53.1 Å². The normalized spacial score (nSPS) is 11.2. The van der Waals surface area contributed by atoms with Gasteiger partial charge in [-0.25, -0.2) is 19.9 Å². The van der Waals surface area contributed by atoms with Crippen LogP contribution in [0.3, 0.4) is 0 Å². The molecular formula is C20H16N8O. The fraction of sp³-hybridized carbons (Fsp3) is 0.0500. The first-order valence-corrected chi connectivity index (χ1v) is 8.93. The van der Waals surface area contributed by atoms with Crippen LogP contribution in [0.15, 0.2) is 67.5 Å². The Labute approximate surface area is 164 Å². The zero-order chi connectivity index (χ0) is 19.8. The highest BCUT2D eigenvalue weighted by atomic mass is 16.1. The number of aromatic nitrogens is 6. The van der Waals surface area contributed by atoms with Crippen LogP contribution in [0.1, 0.15) is 0 Å². The molecule has 0 aliphatic rings. The molecule has 9 heteroatoms. The largest absolute Gasteiger partial charge is 0.382 e. The van der Waals surface area contributed by atoms with Gasteiger partial charge < -0.3 is 15.6 Å². The second-order valence-electron chi connectivity index (χ2n) is 6.50. The summed E-state index contributed by atoms with van der Waals surface area (Å²) in [5, 5.41) is 2.88. The molecule has 0 fully saturated rings. The first-order chi connectivity index (χ1) is 14.2. The summed E-state index contributed by atoms with van der Waals surface area (Å²) in [5.41, 5.74) is 10.4. The highest BCUT2D eigenvalue weighted by Gasteiger charge is 2.11. The van der Waals surface area contributed by atoms with Gasteiger partial charge in [0.2, 0.25) is 5.91 Å². The Balaban J connectivity index is 1.33. The number of rotatable bonds is 4. The third-order valence-electron chi connectivity index (χ3n) is 4.63. The standard InChI is InChI=1S/C20H16N8O/c21-19-18-20(23-10-22-19)27(11-25-18)9-17(29)26-13-5-7-14(8-6-13)28-12-24-15-3-1-2-4-16(15)28/h1-8,10-12H,9H2,(H,26,29)(H2,21,22,23). The lowest BCUT2D eigenvalue weighted by molar-refractivity contribution is -0.116. The van der Waals surface area contributed by atoms with Crippen molar-refractivity contribution in [2.75, 3.05) is 11.1 Å². The van der Waals surface area contributed by atoms with Crippen molar-refractivity contribution >= 4 is 39.6 Å². The van der Waals surface area contributed by atoms with E-state index < -0.39 is 0 Å². The topological polar surface area (TPSA) is 117 Å². The average molecular weight is 384 g/mol.